The Bertz CT molecular complexity index is 2700. The first-order chi connectivity index (χ1) is 31.4. The van der Waals surface area contributed by atoms with E-state index in [0.717, 1.165) is 0 Å². The molecule has 9 rings (SSSR count). The summed E-state index contributed by atoms with van der Waals surface area (Å²) in [6, 6.07) is 14.8. The molecule has 17 heteroatoms. The second-order valence-electron chi connectivity index (χ2n) is 14.2. The van der Waals surface area contributed by atoms with Gasteiger partial charge in [-0.1, -0.05) is 0 Å². The molecule has 0 amide bonds. The Balaban J connectivity index is 0.00000576. The molecule has 0 unspecified atom stereocenters. The Kier molecular flexibility index (Phi) is 13.3. The molecule has 65 heavy (non-hydrogen) atoms. The fraction of sp³-hybridized carbons (Fsp3) is 0.333. The van der Waals surface area contributed by atoms with Gasteiger partial charge in [0, 0.05) is 44.1 Å². The average molecular weight is 971 g/mol. The number of nitrogens with zero attached hydrogens (tertiary/aromatic N) is 8. The summed E-state index contributed by atoms with van der Waals surface area (Å²) in [4.78, 5) is 41.6. The molecule has 2 aliphatic heterocycles. The van der Waals surface area contributed by atoms with Crippen LogP contribution in [-0.4, -0.2) is 82.8 Å². The van der Waals surface area contributed by atoms with Crippen molar-refractivity contribution in [1.82, 2.24) is 39.9 Å². The predicted molar refractivity (Wildman–Crippen MR) is 243 cm³/mol. The Hall–Kier alpha value is -6.70. The van der Waals surface area contributed by atoms with Gasteiger partial charge in [0.05, 0.1) is 98.4 Å². The van der Waals surface area contributed by atoms with Crippen LogP contribution in [0.3, 0.4) is 0 Å². The number of ether oxygens (including phenoxy) is 8. The van der Waals surface area contributed by atoms with Gasteiger partial charge < -0.3 is 67.8 Å². The van der Waals surface area contributed by atoms with Crippen molar-refractivity contribution in [1.29, 1.82) is 0 Å². The Morgan fingerprint density at radius 3 is 0.677 bits per heavy atom. The first-order valence-electron chi connectivity index (χ1n) is 21.8. The molecule has 7 aromatic rings. The molecule has 5 heterocycles. The van der Waals surface area contributed by atoms with Crippen LogP contribution in [-0.2, 0) is 20.4 Å². The van der Waals surface area contributed by atoms with E-state index in [1.54, 1.807) is 0 Å². The van der Waals surface area contributed by atoms with Crippen molar-refractivity contribution in [2.45, 2.75) is 55.4 Å². The van der Waals surface area contributed by atoms with E-state index in [0.29, 0.717) is 143 Å². The maximum absolute atomic E-state index is 6.27. The molecule has 0 spiro atoms. The molecule has 0 saturated heterocycles. The number of hydrogen-bond donors (Lipinski definition) is 0. The number of benzene rings is 4. The second-order valence-corrected chi connectivity index (χ2v) is 14.2. The van der Waals surface area contributed by atoms with E-state index in [1.807, 2.05) is 104 Å². The second kappa shape index (κ2) is 19.2. The predicted octanol–water partition coefficient (Wildman–Crippen LogP) is 9.31. The fourth-order valence-corrected chi connectivity index (χ4v) is 8.14. The monoisotopic (exact) mass is 970 g/mol. The third-order valence-corrected chi connectivity index (χ3v) is 10.4. The normalized spacial score (nSPS) is 11.4. The van der Waals surface area contributed by atoms with Crippen LogP contribution in [0.5, 0.6) is 46.0 Å². The maximum Gasteiger partial charge on any atom is 2.00 e. The molecule has 16 nitrogen and oxygen atoms in total. The zero-order chi connectivity index (χ0) is 44.5. The number of aromatic nitrogens is 8. The van der Waals surface area contributed by atoms with Gasteiger partial charge in [-0.25, -0.2) is 9.97 Å². The minimum atomic E-state index is 0. The number of hydrogen-bond acceptors (Lipinski definition) is 14. The summed E-state index contributed by atoms with van der Waals surface area (Å²) in [5, 5.41) is 2.29. The van der Waals surface area contributed by atoms with Gasteiger partial charge in [0.25, 0.3) is 0 Å². The zero-order valence-corrected chi connectivity index (χ0v) is 39.0. The van der Waals surface area contributed by atoms with E-state index in [1.165, 1.54) is 0 Å². The fourth-order valence-electron chi connectivity index (χ4n) is 8.14. The van der Waals surface area contributed by atoms with Gasteiger partial charge in [0.1, 0.15) is 46.0 Å². The smallest absolute Gasteiger partial charge is 0.493 e. The van der Waals surface area contributed by atoms with Crippen molar-refractivity contribution in [2.24, 2.45) is 0 Å². The Morgan fingerprint density at radius 2 is 0.477 bits per heavy atom. The van der Waals surface area contributed by atoms with Crippen LogP contribution < -0.4 is 47.9 Å². The van der Waals surface area contributed by atoms with E-state index >= 15 is 0 Å². The van der Waals surface area contributed by atoms with Crippen molar-refractivity contribution < 1.29 is 58.3 Å². The van der Waals surface area contributed by atoms with Crippen LogP contribution in [0, 0.1) is 0 Å². The largest absolute Gasteiger partial charge is 2.00 e. The minimum absolute atomic E-state index is 0. The van der Waals surface area contributed by atoms with Crippen LogP contribution in [0.2, 0.25) is 0 Å². The van der Waals surface area contributed by atoms with Crippen LogP contribution in [0.25, 0.3) is 89.7 Å². The Morgan fingerprint density at radius 1 is 0.292 bits per heavy atom. The summed E-state index contributed by atoms with van der Waals surface area (Å²) in [5.41, 5.74) is 3.40. The van der Waals surface area contributed by atoms with E-state index < -0.39 is 0 Å². The molecule has 0 atom stereocenters. The van der Waals surface area contributed by atoms with Gasteiger partial charge in [-0.2, -0.15) is 0 Å². The van der Waals surface area contributed by atoms with Gasteiger partial charge in [0.2, 0.25) is 0 Å². The molecular weight excluding hydrogens is 923 g/mol. The molecule has 338 valence electrons. The van der Waals surface area contributed by atoms with Crippen molar-refractivity contribution in [2.75, 3.05) is 52.9 Å². The maximum atomic E-state index is 6.27. The van der Waals surface area contributed by atoms with E-state index in [-0.39, 0.29) is 66.3 Å². The average Bonchev–Trinajstić information content (AvgIpc) is 4.04. The van der Waals surface area contributed by atoms with Crippen molar-refractivity contribution >= 4 is 44.1 Å². The van der Waals surface area contributed by atoms with Crippen molar-refractivity contribution in [3.05, 3.63) is 48.5 Å². The molecule has 0 radical (unpaired) electrons. The molecule has 3 aromatic heterocycles. The number of fused-ring (bicyclic) bond motifs is 20. The van der Waals surface area contributed by atoms with Crippen LogP contribution in [0.4, 0.5) is 0 Å². The van der Waals surface area contributed by atoms with Crippen molar-refractivity contribution in [3.8, 4) is 91.5 Å². The molecule has 4 aromatic carbocycles. The summed E-state index contributed by atoms with van der Waals surface area (Å²) in [5.74, 6) is 5.38. The topological polar surface area (TPSA) is 179 Å². The molecule has 0 N–H and O–H groups in total. The first-order valence-corrected chi connectivity index (χ1v) is 21.8. The van der Waals surface area contributed by atoms with Crippen LogP contribution in [0.1, 0.15) is 55.4 Å². The summed E-state index contributed by atoms with van der Waals surface area (Å²) >= 11 is 0. The minimum Gasteiger partial charge on any atom is -0.493 e. The molecular formula is C48H48N8O8Pd. The molecule has 0 saturated carbocycles. The third kappa shape index (κ3) is 7.86. The quantitative estimate of drug-likeness (QED) is 0.0835. The van der Waals surface area contributed by atoms with E-state index in [2.05, 4.69) is 0 Å². The summed E-state index contributed by atoms with van der Waals surface area (Å²) in [7, 11) is 0. The number of rotatable bonds is 16. The SMILES string of the molecule is CCOc1ccc(OCC)c2c1-c1nc-2nc2[n-]c(nc3nc(nc4[n-]c(n1)c1c(OCC)ccc(OCC)c41)-c1c(OCC)ccc(OCC)c1-3)c1c(OCC)ccc(OCC)c21.[Pd+2]. The summed E-state index contributed by atoms with van der Waals surface area (Å²) in [6.45, 7) is 18.4. The van der Waals surface area contributed by atoms with E-state index in [4.69, 9.17) is 77.8 Å². The molecule has 8 bridgehead atoms. The Labute approximate surface area is 389 Å². The summed E-state index contributed by atoms with van der Waals surface area (Å²) in [6.07, 6.45) is 0. The van der Waals surface area contributed by atoms with Crippen LogP contribution >= 0.6 is 0 Å². The standard InChI is InChI=1S/C48H48N8O8.Pd/c1-9-57-25-17-18-26(58-10-2)34-33(25)41-49-42(34)54-44-37-29(61-13-5)21-22-30(62-14-6)38(37)46(51-44)56-48-40-32(64-16-8)24-23-31(63-15-7)39(40)47(52-48)55-45-36-28(60-12-4)20-19-27(59-11-3)35(36)43(50-45)53-41;/h17-24H,9-16H2,1-8H3;/q-2;+2. The summed E-state index contributed by atoms with van der Waals surface area (Å²) < 4.78 is 50.1. The first kappa shape index (κ1) is 44.9. The van der Waals surface area contributed by atoms with Crippen LogP contribution in [0.15, 0.2) is 48.5 Å². The van der Waals surface area contributed by atoms with Gasteiger partial charge in [-0.3, -0.25) is 0 Å². The third-order valence-electron chi connectivity index (χ3n) is 10.4. The van der Waals surface area contributed by atoms with Gasteiger partial charge in [-0.15, -0.1) is 0 Å². The van der Waals surface area contributed by atoms with E-state index in [9.17, 15) is 0 Å². The molecule has 0 fully saturated rings. The van der Waals surface area contributed by atoms with Crippen molar-refractivity contribution in [3.63, 3.8) is 0 Å². The zero-order valence-electron chi connectivity index (χ0n) is 37.4. The van der Waals surface area contributed by atoms with Gasteiger partial charge in [-0.05, 0) is 104 Å². The van der Waals surface area contributed by atoms with Gasteiger partial charge in [0.15, 0.2) is 0 Å². The van der Waals surface area contributed by atoms with Gasteiger partial charge >= 0.3 is 20.4 Å². The molecule has 2 aliphatic rings. The molecule has 0 aliphatic carbocycles.